The standard InChI is InChI=1S/C32H34F2N2O4/c1-7-35(8-2)21-12-9-19(10-13-21)28-27(29(37)23-17-20(32(3,4)5)11-16-26(23)40-6)30(38)31(39)36(28)22-14-15-24(33)25(34)18-22/h9-18,28,37H,7-8H2,1-6H3/b29-27+. The molecule has 1 aliphatic rings. The lowest BCUT2D eigenvalue weighted by atomic mass is 9.85. The highest BCUT2D eigenvalue weighted by Gasteiger charge is 2.47. The summed E-state index contributed by atoms with van der Waals surface area (Å²) in [6.07, 6.45) is 0. The maximum atomic E-state index is 14.3. The highest BCUT2D eigenvalue weighted by molar-refractivity contribution is 6.51. The highest BCUT2D eigenvalue weighted by Crippen LogP contribution is 2.44. The zero-order valence-electron chi connectivity index (χ0n) is 23.6. The Balaban J connectivity index is 1.98. The van der Waals surface area contributed by atoms with Crippen LogP contribution in [0.5, 0.6) is 5.75 Å². The fraction of sp³-hybridized carbons (Fsp3) is 0.312. The average molecular weight is 549 g/mol. The number of ether oxygens (including phenoxy) is 1. The van der Waals surface area contributed by atoms with E-state index in [9.17, 15) is 23.5 Å². The van der Waals surface area contributed by atoms with Gasteiger partial charge in [0.25, 0.3) is 11.7 Å². The van der Waals surface area contributed by atoms with Crippen molar-refractivity contribution < 1.29 is 28.2 Å². The summed E-state index contributed by atoms with van der Waals surface area (Å²) in [4.78, 5) is 30.3. The van der Waals surface area contributed by atoms with Crippen LogP contribution in [-0.4, -0.2) is 37.0 Å². The predicted octanol–water partition coefficient (Wildman–Crippen LogP) is 6.74. The normalized spacial score (nSPS) is 16.9. The van der Waals surface area contributed by atoms with Crippen molar-refractivity contribution in [2.45, 2.75) is 46.1 Å². The average Bonchev–Trinajstić information content (AvgIpc) is 3.20. The van der Waals surface area contributed by atoms with E-state index in [1.165, 1.54) is 13.2 Å². The second-order valence-electron chi connectivity index (χ2n) is 10.7. The van der Waals surface area contributed by atoms with Gasteiger partial charge >= 0.3 is 0 Å². The lowest BCUT2D eigenvalue weighted by molar-refractivity contribution is -0.132. The molecule has 0 aliphatic carbocycles. The molecule has 0 radical (unpaired) electrons. The van der Waals surface area contributed by atoms with E-state index < -0.39 is 35.1 Å². The van der Waals surface area contributed by atoms with E-state index in [1.807, 2.05) is 52.8 Å². The third kappa shape index (κ3) is 5.18. The Morgan fingerprint density at radius 1 is 0.950 bits per heavy atom. The Hall–Kier alpha value is -4.20. The number of carbonyl (C=O) groups excluding carboxylic acids is 2. The van der Waals surface area contributed by atoms with E-state index in [-0.39, 0.29) is 22.2 Å². The molecule has 8 heteroatoms. The predicted molar refractivity (Wildman–Crippen MR) is 153 cm³/mol. The van der Waals surface area contributed by atoms with Gasteiger partial charge in [-0.3, -0.25) is 14.5 Å². The van der Waals surface area contributed by atoms with Crippen LogP contribution < -0.4 is 14.5 Å². The van der Waals surface area contributed by atoms with E-state index in [0.29, 0.717) is 11.3 Å². The SMILES string of the molecule is CCN(CC)c1ccc(C2/C(=C(\O)c3cc(C(C)(C)C)ccc3OC)C(=O)C(=O)N2c2ccc(F)c(F)c2)cc1. The summed E-state index contributed by atoms with van der Waals surface area (Å²) in [7, 11) is 1.45. The van der Waals surface area contributed by atoms with Crippen molar-refractivity contribution in [3.05, 3.63) is 94.6 Å². The van der Waals surface area contributed by atoms with Crippen LogP contribution in [0, 0.1) is 11.6 Å². The Morgan fingerprint density at radius 3 is 2.15 bits per heavy atom. The number of anilines is 2. The van der Waals surface area contributed by atoms with E-state index in [2.05, 4.69) is 4.90 Å². The number of Topliss-reactive ketones (excluding diaryl/α,β-unsaturated/α-hetero) is 1. The Labute approximate surface area is 233 Å². The second kappa shape index (κ2) is 11.1. The molecule has 3 aromatic rings. The lowest BCUT2D eigenvalue weighted by Gasteiger charge is -2.27. The maximum absolute atomic E-state index is 14.3. The van der Waals surface area contributed by atoms with Gasteiger partial charge in [0, 0.05) is 30.5 Å². The molecule has 1 amide bonds. The second-order valence-corrected chi connectivity index (χ2v) is 10.7. The van der Waals surface area contributed by atoms with E-state index in [0.717, 1.165) is 41.4 Å². The number of hydrogen-bond donors (Lipinski definition) is 1. The molecular formula is C32H34F2N2O4. The van der Waals surface area contributed by atoms with Crippen molar-refractivity contribution in [3.8, 4) is 5.75 Å². The molecule has 0 aromatic heterocycles. The third-order valence-electron chi connectivity index (χ3n) is 7.28. The smallest absolute Gasteiger partial charge is 0.300 e. The highest BCUT2D eigenvalue weighted by atomic mass is 19.2. The van der Waals surface area contributed by atoms with Crippen molar-refractivity contribution in [1.29, 1.82) is 0 Å². The summed E-state index contributed by atoms with van der Waals surface area (Å²) in [6.45, 7) is 11.7. The molecule has 0 saturated carbocycles. The van der Waals surface area contributed by atoms with Crippen LogP contribution >= 0.6 is 0 Å². The first-order valence-electron chi connectivity index (χ1n) is 13.2. The van der Waals surface area contributed by atoms with Gasteiger partial charge in [-0.25, -0.2) is 8.78 Å². The minimum Gasteiger partial charge on any atom is -0.507 e. The zero-order chi connectivity index (χ0) is 29.4. The number of rotatable bonds is 7. The molecule has 1 aliphatic heterocycles. The van der Waals surface area contributed by atoms with Crippen LogP contribution in [0.4, 0.5) is 20.2 Å². The van der Waals surface area contributed by atoms with Gasteiger partial charge in [-0.15, -0.1) is 0 Å². The van der Waals surface area contributed by atoms with Crippen molar-refractivity contribution in [2.24, 2.45) is 0 Å². The summed E-state index contributed by atoms with van der Waals surface area (Å²) < 4.78 is 33.6. The quantitative estimate of drug-likeness (QED) is 0.201. The largest absolute Gasteiger partial charge is 0.507 e. The number of methoxy groups -OCH3 is 1. The molecule has 3 aromatic carbocycles. The topological polar surface area (TPSA) is 70.1 Å². The number of benzene rings is 3. The van der Waals surface area contributed by atoms with Gasteiger partial charge in [-0.2, -0.15) is 0 Å². The van der Waals surface area contributed by atoms with E-state index in [4.69, 9.17) is 4.74 Å². The minimum atomic E-state index is -1.16. The van der Waals surface area contributed by atoms with Crippen molar-refractivity contribution in [2.75, 3.05) is 30.0 Å². The molecule has 1 unspecified atom stereocenters. The van der Waals surface area contributed by atoms with Crippen LogP contribution in [0.3, 0.4) is 0 Å². The third-order valence-corrected chi connectivity index (χ3v) is 7.28. The Kier molecular flexibility index (Phi) is 8.00. The van der Waals surface area contributed by atoms with Gasteiger partial charge in [0.15, 0.2) is 11.6 Å². The maximum Gasteiger partial charge on any atom is 0.300 e. The molecular weight excluding hydrogens is 514 g/mol. The van der Waals surface area contributed by atoms with Gasteiger partial charge in [0.2, 0.25) is 0 Å². The number of carbonyl (C=O) groups is 2. The monoisotopic (exact) mass is 548 g/mol. The number of amides is 1. The van der Waals surface area contributed by atoms with Crippen LogP contribution in [0.2, 0.25) is 0 Å². The zero-order valence-corrected chi connectivity index (χ0v) is 23.6. The minimum absolute atomic E-state index is 0.00623. The Morgan fingerprint density at radius 2 is 1.60 bits per heavy atom. The fourth-order valence-electron chi connectivity index (χ4n) is 5.01. The molecule has 0 spiro atoms. The number of halogens is 2. The summed E-state index contributed by atoms with van der Waals surface area (Å²) in [6, 6.07) is 14.5. The van der Waals surface area contributed by atoms with Gasteiger partial charge in [-0.1, -0.05) is 39.0 Å². The number of nitrogens with zero attached hydrogens (tertiary/aromatic N) is 2. The first-order valence-corrected chi connectivity index (χ1v) is 13.2. The number of hydrogen-bond acceptors (Lipinski definition) is 5. The molecule has 1 saturated heterocycles. The van der Waals surface area contributed by atoms with Gasteiger partial charge < -0.3 is 14.7 Å². The molecule has 210 valence electrons. The van der Waals surface area contributed by atoms with Gasteiger partial charge in [0.05, 0.1) is 24.3 Å². The molecule has 6 nitrogen and oxygen atoms in total. The molecule has 1 heterocycles. The van der Waals surface area contributed by atoms with Crippen molar-refractivity contribution in [3.63, 3.8) is 0 Å². The molecule has 1 atom stereocenters. The first kappa shape index (κ1) is 28.8. The van der Waals surface area contributed by atoms with Crippen LogP contribution in [0.1, 0.15) is 57.4 Å². The summed E-state index contributed by atoms with van der Waals surface area (Å²) in [5.41, 5.74) is 2.14. The summed E-state index contributed by atoms with van der Waals surface area (Å²) >= 11 is 0. The van der Waals surface area contributed by atoms with Crippen molar-refractivity contribution in [1.82, 2.24) is 0 Å². The molecule has 1 N–H and O–H groups in total. The summed E-state index contributed by atoms with van der Waals surface area (Å²) in [5.74, 6) is -4.23. The van der Waals surface area contributed by atoms with Crippen LogP contribution in [0.15, 0.2) is 66.2 Å². The molecule has 1 fully saturated rings. The molecule has 4 rings (SSSR count). The number of ketones is 1. The van der Waals surface area contributed by atoms with E-state index >= 15 is 0 Å². The van der Waals surface area contributed by atoms with Crippen molar-refractivity contribution >= 4 is 28.8 Å². The Bertz CT molecular complexity index is 1470. The molecule has 40 heavy (non-hydrogen) atoms. The van der Waals surface area contributed by atoms with Crippen LogP contribution in [-0.2, 0) is 15.0 Å². The number of aliphatic hydroxyl groups is 1. The van der Waals surface area contributed by atoms with E-state index in [1.54, 1.807) is 24.3 Å². The number of aliphatic hydroxyl groups excluding tert-OH is 1. The van der Waals surface area contributed by atoms with Gasteiger partial charge in [-0.05, 0) is 66.8 Å². The lowest BCUT2D eigenvalue weighted by Crippen LogP contribution is -2.29. The first-order chi connectivity index (χ1) is 18.9. The summed E-state index contributed by atoms with van der Waals surface area (Å²) in [5, 5.41) is 11.7. The van der Waals surface area contributed by atoms with Gasteiger partial charge in [0.1, 0.15) is 11.5 Å². The fourth-order valence-corrected chi connectivity index (χ4v) is 5.01. The molecule has 0 bridgehead atoms. The van der Waals surface area contributed by atoms with Crippen LogP contribution in [0.25, 0.3) is 5.76 Å².